The van der Waals surface area contributed by atoms with E-state index in [1.807, 2.05) is 42.5 Å². The highest BCUT2D eigenvalue weighted by Crippen LogP contribution is 2.39. The van der Waals surface area contributed by atoms with Gasteiger partial charge in [0.1, 0.15) is 0 Å². The van der Waals surface area contributed by atoms with E-state index in [1.165, 1.54) is 21.6 Å². The first kappa shape index (κ1) is 18.4. The molecule has 0 aliphatic heterocycles. The standard InChI is InChI=1S/C23H22N2O2S/c26-21(14-16-6-2-1-3-7-16)24-12-13-25-23(27)20-15-18-11-10-17-8-4-5-9-19(17)22(18)28-20/h1-9,15H,10-14H2,(H,24,26)(H,25,27). The summed E-state index contributed by atoms with van der Waals surface area (Å²) in [5.41, 5.74) is 4.84. The normalized spacial score (nSPS) is 12.0. The molecule has 2 aromatic carbocycles. The zero-order valence-corrected chi connectivity index (χ0v) is 16.4. The third-order valence-electron chi connectivity index (χ3n) is 4.90. The summed E-state index contributed by atoms with van der Waals surface area (Å²) in [5, 5.41) is 5.76. The maximum atomic E-state index is 12.5. The van der Waals surface area contributed by atoms with Crippen molar-refractivity contribution in [3.8, 4) is 10.4 Å². The van der Waals surface area contributed by atoms with Gasteiger partial charge >= 0.3 is 0 Å². The van der Waals surface area contributed by atoms with Gasteiger partial charge in [-0.1, -0.05) is 54.6 Å². The number of rotatable bonds is 6. The van der Waals surface area contributed by atoms with Gasteiger partial charge in [-0.3, -0.25) is 9.59 Å². The summed E-state index contributed by atoms with van der Waals surface area (Å²) < 4.78 is 0. The Morgan fingerprint density at radius 1 is 0.857 bits per heavy atom. The molecule has 0 spiro atoms. The van der Waals surface area contributed by atoms with Crippen LogP contribution in [0.2, 0.25) is 0 Å². The second-order valence-electron chi connectivity index (χ2n) is 6.89. The molecular weight excluding hydrogens is 368 g/mol. The third kappa shape index (κ3) is 4.15. The number of fused-ring (bicyclic) bond motifs is 3. The lowest BCUT2D eigenvalue weighted by molar-refractivity contribution is -0.120. The Kier molecular flexibility index (Phi) is 5.53. The fraction of sp³-hybridized carbons (Fsp3) is 0.217. The highest BCUT2D eigenvalue weighted by atomic mass is 32.1. The quantitative estimate of drug-likeness (QED) is 0.632. The number of thiophene rings is 1. The monoisotopic (exact) mass is 390 g/mol. The van der Waals surface area contributed by atoms with Crippen LogP contribution in [0.1, 0.15) is 26.4 Å². The maximum absolute atomic E-state index is 12.5. The predicted molar refractivity (Wildman–Crippen MR) is 113 cm³/mol. The van der Waals surface area contributed by atoms with E-state index < -0.39 is 0 Å². The Hall–Kier alpha value is -2.92. The molecule has 0 fully saturated rings. The average molecular weight is 391 g/mol. The molecule has 1 aliphatic rings. The van der Waals surface area contributed by atoms with Crippen LogP contribution < -0.4 is 10.6 Å². The van der Waals surface area contributed by atoms with Crippen LogP contribution in [-0.2, 0) is 24.1 Å². The molecule has 3 aromatic rings. The predicted octanol–water partition coefficient (Wildman–Crippen LogP) is 3.60. The van der Waals surface area contributed by atoms with Crippen molar-refractivity contribution in [2.75, 3.05) is 13.1 Å². The van der Waals surface area contributed by atoms with Gasteiger partial charge in [-0.25, -0.2) is 0 Å². The lowest BCUT2D eigenvalue weighted by Gasteiger charge is -2.15. The second-order valence-corrected chi connectivity index (χ2v) is 7.94. The minimum atomic E-state index is -0.0748. The molecule has 1 aliphatic carbocycles. The van der Waals surface area contributed by atoms with Crippen LogP contribution in [0, 0.1) is 0 Å². The molecule has 0 atom stereocenters. The minimum absolute atomic E-state index is 0.0383. The van der Waals surface area contributed by atoms with E-state index >= 15 is 0 Å². The van der Waals surface area contributed by atoms with E-state index in [0.29, 0.717) is 19.5 Å². The van der Waals surface area contributed by atoms with Crippen LogP contribution in [-0.4, -0.2) is 24.9 Å². The molecule has 2 N–H and O–H groups in total. The van der Waals surface area contributed by atoms with Gasteiger partial charge in [0.05, 0.1) is 11.3 Å². The molecule has 4 rings (SSSR count). The van der Waals surface area contributed by atoms with E-state index in [4.69, 9.17) is 0 Å². The molecule has 5 heteroatoms. The third-order valence-corrected chi connectivity index (χ3v) is 6.11. The topological polar surface area (TPSA) is 58.2 Å². The molecular formula is C23H22N2O2S. The Morgan fingerprint density at radius 3 is 2.43 bits per heavy atom. The summed E-state index contributed by atoms with van der Waals surface area (Å²) >= 11 is 1.55. The number of hydrogen-bond donors (Lipinski definition) is 2. The molecule has 0 saturated heterocycles. The number of carbonyl (C=O) groups is 2. The van der Waals surface area contributed by atoms with Crippen LogP contribution in [0.15, 0.2) is 60.7 Å². The summed E-state index contributed by atoms with van der Waals surface area (Å²) in [6, 6.07) is 20.0. The van der Waals surface area contributed by atoms with Crippen molar-refractivity contribution in [2.45, 2.75) is 19.3 Å². The smallest absolute Gasteiger partial charge is 0.261 e. The fourth-order valence-corrected chi connectivity index (χ4v) is 4.68. The molecule has 28 heavy (non-hydrogen) atoms. The number of amides is 2. The SMILES string of the molecule is O=C(Cc1ccccc1)NCCNC(=O)c1cc2c(s1)-c1ccccc1CC2. The van der Waals surface area contributed by atoms with E-state index in [2.05, 4.69) is 28.8 Å². The number of hydrogen-bond acceptors (Lipinski definition) is 3. The maximum Gasteiger partial charge on any atom is 0.261 e. The lowest BCUT2D eigenvalue weighted by Crippen LogP contribution is -2.35. The number of nitrogens with one attached hydrogen (secondary N) is 2. The van der Waals surface area contributed by atoms with Crippen molar-refractivity contribution in [1.82, 2.24) is 10.6 Å². The van der Waals surface area contributed by atoms with Crippen molar-refractivity contribution in [2.24, 2.45) is 0 Å². The van der Waals surface area contributed by atoms with Gasteiger partial charge in [0.15, 0.2) is 0 Å². The second kappa shape index (κ2) is 8.40. The van der Waals surface area contributed by atoms with Gasteiger partial charge in [-0.2, -0.15) is 0 Å². The average Bonchev–Trinajstić information content (AvgIpc) is 3.17. The summed E-state index contributed by atoms with van der Waals surface area (Å²) in [5.74, 6) is -0.113. The highest BCUT2D eigenvalue weighted by molar-refractivity contribution is 7.17. The lowest BCUT2D eigenvalue weighted by atomic mass is 9.91. The summed E-state index contributed by atoms with van der Waals surface area (Å²) in [6.45, 7) is 0.837. The first-order chi connectivity index (χ1) is 13.7. The number of aryl methyl sites for hydroxylation is 2. The van der Waals surface area contributed by atoms with E-state index in [9.17, 15) is 9.59 Å². The molecule has 1 aromatic heterocycles. The Labute approximate surface area is 168 Å². The first-order valence-electron chi connectivity index (χ1n) is 9.50. The van der Waals surface area contributed by atoms with E-state index in [-0.39, 0.29) is 11.8 Å². The van der Waals surface area contributed by atoms with Crippen LogP contribution in [0.3, 0.4) is 0 Å². The molecule has 0 saturated carbocycles. The van der Waals surface area contributed by atoms with Gasteiger partial charge in [-0.05, 0) is 41.2 Å². The van der Waals surface area contributed by atoms with Gasteiger partial charge < -0.3 is 10.6 Å². The van der Waals surface area contributed by atoms with Crippen molar-refractivity contribution >= 4 is 23.2 Å². The van der Waals surface area contributed by atoms with Gasteiger partial charge in [0.2, 0.25) is 5.91 Å². The molecule has 142 valence electrons. The molecule has 0 bridgehead atoms. The highest BCUT2D eigenvalue weighted by Gasteiger charge is 2.21. The zero-order chi connectivity index (χ0) is 19.3. The number of benzene rings is 2. The molecule has 2 amide bonds. The van der Waals surface area contributed by atoms with Crippen molar-refractivity contribution in [1.29, 1.82) is 0 Å². The van der Waals surface area contributed by atoms with Crippen LogP contribution in [0.4, 0.5) is 0 Å². The van der Waals surface area contributed by atoms with Gasteiger partial charge in [0.25, 0.3) is 5.91 Å². The Bertz CT molecular complexity index is 995. The summed E-state index contributed by atoms with van der Waals surface area (Å²) in [4.78, 5) is 26.4. The largest absolute Gasteiger partial charge is 0.354 e. The summed E-state index contributed by atoms with van der Waals surface area (Å²) in [7, 11) is 0. The van der Waals surface area contributed by atoms with Crippen molar-refractivity contribution < 1.29 is 9.59 Å². The van der Waals surface area contributed by atoms with E-state index in [1.54, 1.807) is 11.3 Å². The molecule has 0 radical (unpaired) electrons. The fourth-order valence-electron chi connectivity index (χ4n) is 3.49. The van der Waals surface area contributed by atoms with Crippen molar-refractivity contribution in [3.63, 3.8) is 0 Å². The summed E-state index contributed by atoms with van der Waals surface area (Å²) in [6.07, 6.45) is 2.35. The van der Waals surface area contributed by atoms with Gasteiger partial charge in [-0.15, -0.1) is 11.3 Å². The Morgan fingerprint density at radius 2 is 1.57 bits per heavy atom. The Balaban J connectivity index is 1.28. The van der Waals surface area contributed by atoms with Crippen LogP contribution in [0.5, 0.6) is 0 Å². The van der Waals surface area contributed by atoms with E-state index in [0.717, 1.165) is 23.3 Å². The molecule has 0 unspecified atom stereocenters. The van der Waals surface area contributed by atoms with Crippen LogP contribution >= 0.6 is 11.3 Å². The molecule has 4 nitrogen and oxygen atoms in total. The van der Waals surface area contributed by atoms with Gasteiger partial charge in [0, 0.05) is 18.0 Å². The first-order valence-corrected chi connectivity index (χ1v) is 10.3. The minimum Gasteiger partial charge on any atom is -0.354 e. The zero-order valence-electron chi connectivity index (χ0n) is 15.5. The number of carbonyl (C=O) groups excluding carboxylic acids is 2. The van der Waals surface area contributed by atoms with Crippen LogP contribution in [0.25, 0.3) is 10.4 Å². The van der Waals surface area contributed by atoms with Crippen molar-refractivity contribution in [3.05, 3.63) is 82.2 Å². The molecule has 1 heterocycles.